The number of hydrogen-bond donors (Lipinski definition) is 4. The number of rotatable bonds is 5. The summed E-state index contributed by atoms with van der Waals surface area (Å²) in [7, 11) is 0. The predicted octanol–water partition coefficient (Wildman–Crippen LogP) is 2.52. The second kappa shape index (κ2) is 7.67. The minimum atomic E-state index is -1.25. The summed E-state index contributed by atoms with van der Waals surface area (Å²) in [5, 5.41) is 44.3. The average molecular weight is 429 g/mol. The van der Waals surface area contributed by atoms with Crippen molar-refractivity contribution in [1.29, 1.82) is 0 Å². The third-order valence-corrected chi connectivity index (χ3v) is 7.58. The Morgan fingerprint density at radius 3 is 0.933 bits per heavy atom. The van der Waals surface area contributed by atoms with Gasteiger partial charge in [-0.15, -0.1) is 0 Å². The molecule has 0 saturated carbocycles. The molecule has 178 valence electrons. The van der Waals surface area contributed by atoms with E-state index in [4.69, 9.17) is 0 Å². The van der Waals surface area contributed by atoms with Gasteiger partial charge in [-0.1, -0.05) is 0 Å². The Morgan fingerprint density at radius 1 is 0.567 bits per heavy atom. The molecule has 2 unspecified atom stereocenters. The van der Waals surface area contributed by atoms with Crippen molar-refractivity contribution in [1.82, 2.24) is 9.80 Å². The van der Waals surface area contributed by atoms with Crippen LogP contribution in [-0.4, -0.2) is 88.9 Å². The highest BCUT2D eigenvalue weighted by Crippen LogP contribution is 2.55. The van der Waals surface area contributed by atoms with Crippen molar-refractivity contribution < 1.29 is 20.4 Å². The van der Waals surface area contributed by atoms with Crippen LogP contribution >= 0.6 is 0 Å². The lowest BCUT2D eigenvalue weighted by Gasteiger charge is -2.66. The maximum atomic E-state index is 12.1. The van der Waals surface area contributed by atoms with Gasteiger partial charge in [0.15, 0.2) is 0 Å². The summed E-state index contributed by atoms with van der Waals surface area (Å²) in [6.07, 6.45) is 0.841. The van der Waals surface area contributed by atoms with Gasteiger partial charge < -0.3 is 20.4 Å². The Bertz CT molecular complexity index is 535. The van der Waals surface area contributed by atoms with Crippen LogP contribution in [0.1, 0.15) is 94.9 Å². The van der Waals surface area contributed by atoms with Crippen LogP contribution in [-0.2, 0) is 0 Å². The van der Waals surface area contributed by atoms with Gasteiger partial charge in [0, 0.05) is 35.2 Å². The highest BCUT2D eigenvalue weighted by Gasteiger charge is 2.64. The second-order valence-electron chi connectivity index (χ2n) is 12.9. The second-order valence-corrected chi connectivity index (χ2v) is 12.9. The maximum Gasteiger partial charge on any atom is 0.0969 e. The molecule has 4 N–H and O–H groups in total. The predicted molar refractivity (Wildman–Crippen MR) is 121 cm³/mol. The molecule has 0 aliphatic carbocycles. The van der Waals surface area contributed by atoms with Gasteiger partial charge in [-0.05, 0) is 94.9 Å². The molecular weight excluding hydrogens is 380 g/mol. The highest BCUT2D eigenvalue weighted by molar-refractivity contribution is 5.19. The summed E-state index contributed by atoms with van der Waals surface area (Å²) >= 11 is 0. The quantitative estimate of drug-likeness (QED) is 0.538. The molecule has 0 bridgehead atoms. The molecule has 2 aliphatic heterocycles. The Balaban J connectivity index is 2.45. The number of nitrogens with zero attached hydrogens (tertiary/aromatic N) is 2. The third-order valence-electron chi connectivity index (χ3n) is 7.58. The first-order chi connectivity index (χ1) is 13.2. The summed E-state index contributed by atoms with van der Waals surface area (Å²) < 4.78 is 0. The first-order valence-corrected chi connectivity index (χ1v) is 11.5. The zero-order valence-electron chi connectivity index (χ0n) is 21.1. The van der Waals surface area contributed by atoms with Crippen LogP contribution in [0.15, 0.2) is 0 Å². The normalized spacial score (nSPS) is 31.8. The molecule has 0 spiro atoms. The highest BCUT2D eigenvalue weighted by atomic mass is 16.4. The standard InChI is InChI=1S/C24H48N2O4/c1-17(27)11-25-19(3,4)13-23(29,14-20(25,5)6)24(30)15-21(7,8)26(12-18(2)28)22(9,10)16-24/h17-18,27-30H,11-16H2,1-10H3. The van der Waals surface area contributed by atoms with Crippen LogP contribution in [0, 0.1) is 0 Å². The van der Waals surface area contributed by atoms with E-state index in [1.807, 2.05) is 0 Å². The van der Waals surface area contributed by atoms with Gasteiger partial charge in [0.05, 0.1) is 23.4 Å². The van der Waals surface area contributed by atoms with Crippen LogP contribution in [0.25, 0.3) is 0 Å². The van der Waals surface area contributed by atoms with E-state index < -0.39 is 23.4 Å². The monoisotopic (exact) mass is 428 g/mol. The van der Waals surface area contributed by atoms with Crippen LogP contribution in [0.5, 0.6) is 0 Å². The van der Waals surface area contributed by atoms with Gasteiger partial charge in [0.25, 0.3) is 0 Å². The topological polar surface area (TPSA) is 87.4 Å². The average Bonchev–Trinajstić information content (AvgIpc) is 2.44. The van der Waals surface area contributed by atoms with E-state index in [0.29, 0.717) is 38.8 Å². The summed E-state index contributed by atoms with van der Waals surface area (Å²) in [6, 6.07) is 0. The van der Waals surface area contributed by atoms with Crippen molar-refractivity contribution in [3.63, 3.8) is 0 Å². The van der Waals surface area contributed by atoms with Crippen molar-refractivity contribution in [3.05, 3.63) is 0 Å². The largest absolute Gasteiger partial charge is 0.392 e. The fourth-order valence-electron chi connectivity index (χ4n) is 7.18. The summed E-state index contributed by atoms with van der Waals surface area (Å²) in [4.78, 5) is 4.56. The molecule has 0 radical (unpaired) electrons. The third kappa shape index (κ3) is 4.74. The number of aliphatic hydroxyl groups excluding tert-OH is 2. The number of likely N-dealkylation sites (tertiary alicyclic amines) is 2. The van der Waals surface area contributed by atoms with Gasteiger partial charge in [0.2, 0.25) is 0 Å². The fraction of sp³-hybridized carbons (Fsp3) is 1.00. The van der Waals surface area contributed by atoms with Crippen molar-refractivity contribution >= 4 is 0 Å². The van der Waals surface area contributed by atoms with Gasteiger partial charge >= 0.3 is 0 Å². The lowest BCUT2D eigenvalue weighted by molar-refractivity contribution is -0.264. The molecule has 2 aliphatic rings. The number of hydrogen-bond acceptors (Lipinski definition) is 6. The van der Waals surface area contributed by atoms with Crippen LogP contribution in [0.2, 0.25) is 0 Å². The Labute approximate surface area is 184 Å². The van der Waals surface area contributed by atoms with Crippen LogP contribution in [0.3, 0.4) is 0 Å². The van der Waals surface area contributed by atoms with Crippen LogP contribution in [0.4, 0.5) is 0 Å². The molecule has 2 saturated heterocycles. The molecule has 2 fully saturated rings. The molecular formula is C24H48N2O4. The van der Waals surface area contributed by atoms with Gasteiger partial charge in [-0.25, -0.2) is 0 Å². The van der Waals surface area contributed by atoms with Crippen LogP contribution < -0.4 is 0 Å². The van der Waals surface area contributed by atoms with Gasteiger partial charge in [0.1, 0.15) is 0 Å². The molecule has 2 atom stereocenters. The zero-order valence-corrected chi connectivity index (χ0v) is 21.1. The SMILES string of the molecule is CC(O)CN1C(C)(C)CC(O)(C2(O)CC(C)(C)N(CC(C)O)C(C)(C)C2)CC1(C)C. The fourth-order valence-corrected chi connectivity index (χ4v) is 7.18. The van der Waals surface area contributed by atoms with E-state index in [1.54, 1.807) is 13.8 Å². The van der Waals surface area contributed by atoms with E-state index in [1.165, 1.54) is 0 Å². The van der Waals surface area contributed by atoms with E-state index >= 15 is 0 Å². The molecule has 2 rings (SSSR count). The smallest absolute Gasteiger partial charge is 0.0969 e. The van der Waals surface area contributed by atoms with E-state index in [-0.39, 0.29) is 22.2 Å². The Morgan fingerprint density at radius 2 is 0.767 bits per heavy atom. The zero-order chi connectivity index (χ0) is 23.6. The number of piperidine rings is 2. The Kier molecular flexibility index (Phi) is 6.65. The van der Waals surface area contributed by atoms with Gasteiger partial charge in [-0.2, -0.15) is 0 Å². The molecule has 2 heterocycles. The molecule has 6 heteroatoms. The first kappa shape index (κ1) is 26.0. The molecule has 0 aromatic carbocycles. The lowest BCUT2D eigenvalue weighted by atomic mass is 9.57. The van der Waals surface area contributed by atoms with Crippen molar-refractivity contribution in [2.24, 2.45) is 0 Å². The van der Waals surface area contributed by atoms with E-state index in [2.05, 4.69) is 65.2 Å². The summed E-state index contributed by atoms with van der Waals surface area (Å²) in [5.74, 6) is 0. The number of aliphatic hydroxyl groups is 4. The number of β-amino-alcohol motifs (C(OH)–C–C–N with tert-alkyl or cyclic N) is 2. The minimum Gasteiger partial charge on any atom is -0.392 e. The molecule has 30 heavy (non-hydrogen) atoms. The minimum absolute atomic E-state index is 0.381. The van der Waals surface area contributed by atoms with Crippen molar-refractivity contribution in [2.75, 3.05) is 13.1 Å². The van der Waals surface area contributed by atoms with E-state index in [0.717, 1.165) is 0 Å². The molecule has 0 aromatic heterocycles. The summed E-state index contributed by atoms with van der Waals surface area (Å²) in [6.45, 7) is 21.5. The first-order valence-electron chi connectivity index (χ1n) is 11.5. The Hall–Kier alpha value is -0.240. The van der Waals surface area contributed by atoms with Crippen molar-refractivity contribution in [2.45, 2.75) is 140 Å². The molecule has 6 nitrogen and oxygen atoms in total. The maximum absolute atomic E-state index is 12.1. The lowest BCUT2D eigenvalue weighted by Crippen LogP contribution is -2.76. The van der Waals surface area contributed by atoms with Crippen molar-refractivity contribution in [3.8, 4) is 0 Å². The van der Waals surface area contributed by atoms with E-state index in [9.17, 15) is 20.4 Å². The summed E-state index contributed by atoms with van der Waals surface area (Å²) in [5.41, 5.74) is -4.02. The van der Waals surface area contributed by atoms with Gasteiger partial charge in [-0.3, -0.25) is 9.80 Å². The molecule has 0 amide bonds. The molecule has 0 aromatic rings.